The number of hydrogen-bond acceptors (Lipinski definition) is 4. The Labute approximate surface area is 103 Å². The van der Waals surface area contributed by atoms with E-state index in [2.05, 4.69) is 27.3 Å². The van der Waals surface area contributed by atoms with Crippen LogP contribution in [-0.2, 0) is 5.75 Å². The third kappa shape index (κ3) is 2.14. The van der Waals surface area contributed by atoms with E-state index in [1.807, 2.05) is 34.9 Å². The van der Waals surface area contributed by atoms with Gasteiger partial charge in [0, 0.05) is 18.1 Å². The molecule has 4 nitrogen and oxygen atoms in total. The van der Waals surface area contributed by atoms with Crippen LogP contribution in [0.4, 0.5) is 0 Å². The molecule has 17 heavy (non-hydrogen) atoms. The molecule has 0 unspecified atom stereocenters. The maximum Gasteiger partial charge on any atom is 0.255 e. The molecule has 3 aromatic rings. The molecule has 0 fully saturated rings. The van der Waals surface area contributed by atoms with Gasteiger partial charge in [0.15, 0.2) is 5.16 Å². The molecule has 5 heteroatoms. The van der Waals surface area contributed by atoms with Crippen molar-refractivity contribution in [2.75, 3.05) is 0 Å². The fourth-order valence-corrected chi connectivity index (χ4v) is 2.41. The summed E-state index contributed by atoms with van der Waals surface area (Å²) in [5.41, 5.74) is 1.28. The zero-order valence-corrected chi connectivity index (χ0v) is 9.84. The van der Waals surface area contributed by atoms with E-state index in [1.165, 1.54) is 5.56 Å². The van der Waals surface area contributed by atoms with Crippen LogP contribution < -0.4 is 0 Å². The average Bonchev–Trinajstić information content (AvgIpc) is 2.81. The van der Waals surface area contributed by atoms with Crippen molar-refractivity contribution in [3.63, 3.8) is 0 Å². The molecule has 0 N–H and O–H groups in total. The van der Waals surface area contributed by atoms with Crippen LogP contribution in [0, 0.1) is 0 Å². The maximum atomic E-state index is 4.13. The summed E-state index contributed by atoms with van der Waals surface area (Å²) in [6.07, 6.45) is 3.64. The number of rotatable bonds is 3. The Morgan fingerprint density at radius 1 is 1.06 bits per heavy atom. The van der Waals surface area contributed by atoms with E-state index in [9.17, 15) is 0 Å². The summed E-state index contributed by atoms with van der Waals surface area (Å²) in [6, 6.07) is 12.2. The lowest BCUT2D eigenvalue weighted by molar-refractivity contribution is 0.918. The summed E-state index contributed by atoms with van der Waals surface area (Å²) in [5.74, 6) is 1.53. The largest absolute Gasteiger partial charge is 0.261 e. The first kappa shape index (κ1) is 10.3. The van der Waals surface area contributed by atoms with Crippen molar-refractivity contribution in [1.82, 2.24) is 19.6 Å². The minimum Gasteiger partial charge on any atom is -0.261 e. The quantitative estimate of drug-likeness (QED) is 0.661. The second kappa shape index (κ2) is 4.55. The highest BCUT2D eigenvalue weighted by Gasteiger charge is 2.05. The molecule has 0 radical (unpaired) electrons. The molecule has 2 heterocycles. The van der Waals surface area contributed by atoms with E-state index in [1.54, 1.807) is 18.0 Å². The fourth-order valence-electron chi connectivity index (χ4n) is 1.54. The third-order valence-electron chi connectivity index (χ3n) is 2.37. The van der Waals surface area contributed by atoms with E-state index < -0.39 is 0 Å². The third-order valence-corrected chi connectivity index (χ3v) is 3.38. The van der Waals surface area contributed by atoms with Crippen LogP contribution in [0.1, 0.15) is 5.56 Å². The number of benzene rings is 1. The molecule has 3 rings (SSSR count). The van der Waals surface area contributed by atoms with Gasteiger partial charge in [0.1, 0.15) is 0 Å². The molecule has 0 saturated carbocycles. The summed E-state index contributed by atoms with van der Waals surface area (Å²) >= 11 is 1.66. The molecular weight excluding hydrogens is 232 g/mol. The van der Waals surface area contributed by atoms with Crippen molar-refractivity contribution in [2.45, 2.75) is 10.9 Å². The highest BCUT2D eigenvalue weighted by Crippen LogP contribution is 2.20. The lowest BCUT2D eigenvalue weighted by Gasteiger charge is -1.99. The first-order valence-electron chi connectivity index (χ1n) is 5.26. The van der Waals surface area contributed by atoms with Crippen LogP contribution in [-0.4, -0.2) is 19.6 Å². The minimum absolute atomic E-state index is 0.642. The number of aromatic nitrogens is 4. The number of thioether (sulfide) groups is 1. The van der Waals surface area contributed by atoms with Crippen molar-refractivity contribution >= 4 is 17.5 Å². The van der Waals surface area contributed by atoms with Gasteiger partial charge in [-0.25, -0.2) is 4.98 Å². The Kier molecular flexibility index (Phi) is 2.75. The Morgan fingerprint density at radius 2 is 1.94 bits per heavy atom. The summed E-state index contributed by atoms with van der Waals surface area (Å²) in [6.45, 7) is 0. The molecule has 0 spiro atoms. The van der Waals surface area contributed by atoms with Crippen molar-refractivity contribution in [3.8, 4) is 0 Å². The van der Waals surface area contributed by atoms with Gasteiger partial charge in [0.2, 0.25) is 0 Å². The van der Waals surface area contributed by atoms with Crippen LogP contribution in [0.3, 0.4) is 0 Å². The van der Waals surface area contributed by atoms with Crippen molar-refractivity contribution in [2.24, 2.45) is 0 Å². The fraction of sp³-hybridized carbons (Fsp3) is 0.0833. The molecule has 0 saturated heterocycles. The van der Waals surface area contributed by atoms with Gasteiger partial charge in [0.05, 0.1) is 0 Å². The predicted octanol–water partition coefficient (Wildman–Crippen LogP) is 2.42. The zero-order valence-electron chi connectivity index (χ0n) is 9.02. The first-order chi connectivity index (χ1) is 8.43. The van der Waals surface area contributed by atoms with Gasteiger partial charge in [-0.3, -0.25) is 4.40 Å². The average molecular weight is 242 g/mol. The standard InChI is InChI=1S/C12H10N4S/c1-2-5-10(6-3-1)9-17-12-15-14-11-13-7-4-8-16(11)12/h1-8H,9H2. The van der Waals surface area contributed by atoms with Gasteiger partial charge in [0.25, 0.3) is 5.78 Å². The molecule has 0 amide bonds. The van der Waals surface area contributed by atoms with Gasteiger partial charge in [-0.2, -0.15) is 0 Å². The molecule has 1 aromatic carbocycles. The molecule has 0 bridgehead atoms. The van der Waals surface area contributed by atoms with Gasteiger partial charge >= 0.3 is 0 Å². The molecule has 0 aliphatic heterocycles. The van der Waals surface area contributed by atoms with Gasteiger partial charge in [-0.05, 0) is 11.6 Å². The number of fused-ring (bicyclic) bond motifs is 1. The van der Waals surface area contributed by atoms with Crippen LogP contribution in [0.25, 0.3) is 5.78 Å². The topological polar surface area (TPSA) is 43.1 Å². The zero-order chi connectivity index (χ0) is 11.5. The van der Waals surface area contributed by atoms with Gasteiger partial charge in [-0.15, -0.1) is 10.2 Å². The van der Waals surface area contributed by atoms with E-state index in [-0.39, 0.29) is 0 Å². The Morgan fingerprint density at radius 3 is 2.82 bits per heavy atom. The lowest BCUT2D eigenvalue weighted by atomic mass is 10.2. The van der Waals surface area contributed by atoms with E-state index >= 15 is 0 Å². The van der Waals surface area contributed by atoms with Crippen molar-refractivity contribution < 1.29 is 0 Å². The first-order valence-corrected chi connectivity index (χ1v) is 6.24. The highest BCUT2D eigenvalue weighted by atomic mass is 32.2. The number of hydrogen-bond donors (Lipinski definition) is 0. The predicted molar refractivity (Wildman–Crippen MR) is 66.8 cm³/mol. The van der Waals surface area contributed by atoms with Crippen molar-refractivity contribution in [1.29, 1.82) is 0 Å². The van der Waals surface area contributed by atoms with Crippen LogP contribution in [0.2, 0.25) is 0 Å². The Hall–Kier alpha value is -1.88. The highest BCUT2D eigenvalue weighted by molar-refractivity contribution is 7.98. The smallest absolute Gasteiger partial charge is 0.255 e. The molecule has 2 aromatic heterocycles. The summed E-state index contributed by atoms with van der Waals surface area (Å²) in [4.78, 5) is 4.13. The maximum absolute atomic E-state index is 4.13. The Balaban J connectivity index is 1.82. The van der Waals surface area contributed by atoms with Crippen LogP contribution >= 0.6 is 11.8 Å². The van der Waals surface area contributed by atoms with Crippen LogP contribution in [0.5, 0.6) is 0 Å². The molecular formula is C12H10N4S. The van der Waals surface area contributed by atoms with Gasteiger partial charge < -0.3 is 0 Å². The second-order valence-corrected chi connectivity index (χ2v) is 4.49. The molecule has 0 aliphatic carbocycles. The molecule has 0 aliphatic rings. The van der Waals surface area contributed by atoms with E-state index in [4.69, 9.17) is 0 Å². The summed E-state index contributed by atoms with van der Waals surface area (Å²) in [7, 11) is 0. The molecule has 84 valence electrons. The van der Waals surface area contributed by atoms with Crippen molar-refractivity contribution in [3.05, 3.63) is 54.4 Å². The normalized spacial score (nSPS) is 10.8. The van der Waals surface area contributed by atoms with Gasteiger partial charge in [-0.1, -0.05) is 42.1 Å². The second-order valence-electron chi connectivity index (χ2n) is 3.55. The number of nitrogens with zero attached hydrogens (tertiary/aromatic N) is 4. The molecule has 0 atom stereocenters. The summed E-state index contributed by atoms with van der Waals surface area (Å²) in [5, 5.41) is 9.01. The van der Waals surface area contributed by atoms with E-state index in [0.29, 0.717) is 5.78 Å². The minimum atomic E-state index is 0.642. The van der Waals surface area contributed by atoms with Crippen LogP contribution in [0.15, 0.2) is 53.9 Å². The monoisotopic (exact) mass is 242 g/mol. The summed E-state index contributed by atoms with van der Waals surface area (Å²) < 4.78 is 1.90. The lowest BCUT2D eigenvalue weighted by Crippen LogP contribution is -1.89. The van der Waals surface area contributed by atoms with E-state index in [0.717, 1.165) is 10.9 Å². The Bertz CT molecular complexity index is 620. The SMILES string of the molecule is c1ccc(CSc2nnc3ncccn23)cc1.